The van der Waals surface area contributed by atoms with Crippen LogP contribution in [0.3, 0.4) is 0 Å². The second kappa shape index (κ2) is 6.36. The summed E-state index contributed by atoms with van der Waals surface area (Å²) in [6.45, 7) is 9.11. The Labute approximate surface area is 110 Å². The molecule has 2 N–H and O–H groups in total. The third-order valence-electron chi connectivity index (χ3n) is 3.91. The fraction of sp³-hybridized carbons (Fsp3) is 0.714. The Balaban J connectivity index is 1.78. The zero-order chi connectivity index (χ0) is 13.0. The average Bonchev–Trinajstić information content (AvgIpc) is 2.86. The van der Waals surface area contributed by atoms with Crippen molar-refractivity contribution >= 4 is 0 Å². The van der Waals surface area contributed by atoms with E-state index in [0.29, 0.717) is 0 Å². The molecule has 1 fully saturated rings. The number of hydrogen-bond acceptors (Lipinski definition) is 3. The van der Waals surface area contributed by atoms with Crippen LogP contribution in [0.25, 0.3) is 0 Å². The SMILES string of the molecule is CCC(N)c1ccn(CCN2CCN(C)CC2)c1. The number of hydrogen-bond donors (Lipinski definition) is 1. The molecule has 0 aliphatic carbocycles. The Morgan fingerprint density at radius 2 is 1.94 bits per heavy atom. The van der Waals surface area contributed by atoms with Crippen LogP contribution < -0.4 is 5.73 Å². The first-order valence-corrected chi connectivity index (χ1v) is 7.01. The molecule has 1 saturated heterocycles. The van der Waals surface area contributed by atoms with Gasteiger partial charge in [0, 0.05) is 57.7 Å². The first kappa shape index (κ1) is 13.6. The van der Waals surface area contributed by atoms with Crippen LogP contribution in [0.15, 0.2) is 18.5 Å². The Bertz CT molecular complexity index is 352. The van der Waals surface area contributed by atoms with E-state index in [1.165, 1.54) is 31.7 Å². The normalized spacial score (nSPS) is 20.2. The van der Waals surface area contributed by atoms with Gasteiger partial charge in [0.15, 0.2) is 0 Å². The number of rotatable bonds is 5. The highest BCUT2D eigenvalue weighted by atomic mass is 15.2. The van der Waals surface area contributed by atoms with Crippen LogP contribution in [-0.4, -0.2) is 54.1 Å². The van der Waals surface area contributed by atoms with E-state index < -0.39 is 0 Å². The van der Waals surface area contributed by atoms with Gasteiger partial charge in [-0.1, -0.05) is 6.92 Å². The van der Waals surface area contributed by atoms with E-state index in [-0.39, 0.29) is 6.04 Å². The van der Waals surface area contributed by atoms with Gasteiger partial charge in [-0.25, -0.2) is 0 Å². The molecular formula is C14H26N4. The van der Waals surface area contributed by atoms with Gasteiger partial charge in [0.05, 0.1) is 0 Å². The van der Waals surface area contributed by atoms with Crippen molar-refractivity contribution in [1.29, 1.82) is 0 Å². The molecule has 2 heterocycles. The van der Waals surface area contributed by atoms with Gasteiger partial charge in [0.25, 0.3) is 0 Å². The van der Waals surface area contributed by atoms with Crippen LogP contribution in [0.4, 0.5) is 0 Å². The largest absolute Gasteiger partial charge is 0.353 e. The Hall–Kier alpha value is -0.840. The minimum atomic E-state index is 0.190. The summed E-state index contributed by atoms with van der Waals surface area (Å²) in [5, 5.41) is 0. The number of piperazine rings is 1. The maximum Gasteiger partial charge on any atom is 0.0347 e. The van der Waals surface area contributed by atoms with Crippen molar-refractivity contribution in [2.24, 2.45) is 5.73 Å². The third-order valence-corrected chi connectivity index (χ3v) is 3.91. The van der Waals surface area contributed by atoms with E-state index in [4.69, 9.17) is 5.73 Å². The van der Waals surface area contributed by atoms with Crippen LogP contribution in [0.2, 0.25) is 0 Å². The molecule has 0 amide bonds. The molecule has 1 aromatic rings. The molecule has 18 heavy (non-hydrogen) atoms. The Kier molecular flexibility index (Phi) is 4.80. The smallest absolute Gasteiger partial charge is 0.0347 e. The average molecular weight is 250 g/mol. The van der Waals surface area contributed by atoms with Crippen LogP contribution in [-0.2, 0) is 6.54 Å². The summed E-state index contributed by atoms with van der Waals surface area (Å²) < 4.78 is 2.27. The molecular weight excluding hydrogens is 224 g/mol. The minimum Gasteiger partial charge on any atom is -0.353 e. The minimum absolute atomic E-state index is 0.190. The monoisotopic (exact) mass is 250 g/mol. The van der Waals surface area contributed by atoms with E-state index in [9.17, 15) is 0 Å². The van der Waals surface area contributed by atoms with Gasteiger partial charge in [-0.3, -0.25) is 4.90 Å². The lowest BCUT2D eigenvalue weighted by molar-refractivity contribution is 0.150. The van der Waals surface area contributed by atoms with Crippen LogP contribution in [0, 0.1) is 0 Å². The predicted molar refractivity (Wildman–Crippen MR) is 75.6 cm³/mol. The van der Waals surface area contributed by atoms with Crippen molar-refractivity contribution in [2.75, 3.05) is 39.8 Å². The molecule has 1 atom stereocenters. The van der Waals surface area contributed by atoms with Crippen LogP contribution in [0.5, 0.6) is 0 Å². The lowest BCUT2D eigenvalue weighted by Gasteiger charge is -2.32. The molecule has 1 aliphatic rings. The van der Waals surface area contributed by atoms with Gasteiger partial charge in [0.1, 0.15) is 0 Å². The van der Waals surface area contributed by atoms with E-state index in [1.54, 1.807) is 0 Å². The quantitative estimate of drug-likeness (QED) is 0.852. The van der Waals surface area contributed by atoms with Gasteiger partial charge >= 0.3 is 0 Å². The molecule has 0 spiro atoms. The van der Waals surface area contributed by atoms with E-state index in [0.717, 1.165) is 19.5 Å². The zero-order valence-electron chi connectivity index (χ0n) is 11.7. The first-order valence-electron chi connectivity index (χ1n) is 7.01. The lowest BCUT2D eigenvalue weighted by Crippen LogP contribution is -2.45. The second-order valence-corrected chi connectivity index (χ2v) is 5.34. The number of nitrogens with two attached hydrogens (primary N) is 1. The van der Waals surface area contributed by atoms with Gasteiger partial charge in [-0.05, 0) is 25.1 Å². The zero-order valence-corrected chi connectivity index (χ0v) is 11.7. The molecule has 1 aliphatic heterocycles. The Morgan fingerprint density at radius 3 is 2.61 bits per heavy atom. The van der Waals surface area contributed by atoms with Crippen molar-refractivity contribution in [3.8, 4) is 0 Å². The summed E-state index contributed by atoms with van der Waals surface area (Å²) in [6, 6.07) is 2.34. The molecule has 1 aromatic heterocycles. The van der Waals surface area contributed by atoms with Crippen LogP contribution >= 0.6 is 0 Å². The molecule has 2 rings (SSSR count). The van der Waals surface area contributed by atoms with Crippen LogP contribution in [0.1, 0.15) is 24.9 Å². The van der Waals surface area contributed by atoms with E-state index in [1.807, 2.05) is 0 Å². The fourth-order valence-corrected chi connectivity index (χ4v) is 2.38. The highest BCUT2D eigenvalue weighted by Gasteiger charge is 2.13. The lowest BCUT2D eigenvalue weighted by atomic mass is 10.1. The topological polar surface area (TPSA) is 37.4 Å². The predicted octanol–water partition coefficient (Wildman–Crippen LogP) is 1.15. The summed E-state index contributed by atoms with van der Waals surface area (Å²) in [7, 11) is 2.20. The van der Waals surface area contributed by atoms with Crippen molar-refractivity contribution < 1.29 is 0 Å². The Morgan fingerprint density at radius 1 is 1.22 bits per heavy atom. The standard InChI is InChI=1S/C14H26N4/c1-3-14(15)13-4-5-18(12-13)11-10-17-8-6-16(2)7-9-17/h4-5,12,14H,3,6-11,15H2,1-2H3. The third kappa shape index (κ3) is 3.57. The number of nitrogens with zero attached hydrogens (tertiary/aromatic N) is 3. The molecule has 1 unspecified atom stereocenters. The molecule has 102 valence electrons. The first-order chi connectivity index (χ1) is 8.69. The maximum absolute atomic E-state index is 6.03. The molecule has 4 nitrogen and oxygen atoms in total. The van der Waals surface area contributed by atoms with E-state index >= 15 is 0 Å². The number of likely N-dealkylation sites (N-methyl/N-ethyl adjacent to an activating group) is 1. The maximum atomic E-state index is 6.03. The highest BCUT2D eigenvalue weighted by Crippen LogP contribution is 2.13. The van der Waals surface area contributed by atoms with Gasteiger partial charge in [-0.15, -0.1) is 0 Å². The van der Waals surface area contributed by atoms with Gasteiger partial charge < -0.3 is 15.2 Å². The number of aromatic nitrogens is 1. The van der Waals surface area contributed by atoms with Gasteiger partial charge in [-0.2, -0.15) is 0 Å². The molecule has 0 aromatic carbocycles. The fourth-order valence-electron chi connectivity index (χ4n) is 2.38. The van der Waals surface area contributed by atoms with Crippen molar-refractivity contribution in [1.82, 2.24) is 14.4 Å². The summed E-state index contributed by atoms with van der Waals surface area (Å²) >= 11 is 0. The summed E-state index contributed by atoms with van der Waals surface area (Å²) in [6.07, 6.45) is 5.35. The molecule has 0 radical (unpaired) electrons. The molecule has 0 bridgehead atoms. The summed E-state index contributed by atoms with van der Waals surface area (Å²) in [4.78, 5) is 4.93. The second-order valence-electron chi connectivity index (χ2n) is 5.34. The molecule has 0 saturated carbocycles. The molecule has 4 heteroatoms. The van der Waals surface area contributed by atoms with Crippen molar-refractivity contribution in [3.63, 3.8) is 0 Å². The summed E-state index contributed by atoms with van der Waals surface area (Å²) in [5.74, 6) is 0. The summed E-state index contributed by atoms with van der Waals surface area (Å²) in [5.41, 5.74) is 7.29. The van der Waals surface area contributed by atoms with Gasteiger partial charge in [0.2, 0.25) is 0 Å². The highest BCUT2D eigenvalue weighted by molar-refractivity contribution is 5.14. The van der Waals surface area contributed by atoms with Crippen molar-refractivity contribution in [3.05, 3.63) is 24.0 Å². The van der Waals surface area contributed by atoms with E-state index in [2.05, 4.69) is 46.8 Å². The van der Waals surface area contributed by atoms with Crippen molar-refractivity contribution in [2.45, 2.75) is 25.9 Å².